The second-order valence-electron chi connectivity index (χ2n) is 6.08. The van der Waals surface area contributed by atoms with Crippen molar-refractivity contribution < 1.29 is 8.42 Å². The fourth-order valence-corrected chi connectivity index (χ4v) is 6.58. The van der Waals surface area contributed by atoms with Crippen molar-refractivity contribution in [1.82, 2.24) is 0 Å². The van der Waals surface area contributed by atoms with Crippen molar-refractivity contribution in [3.8, 4) is 6.07 Å². The van der Waals surface area contributed by atoms with Crippen LogP contribution in [0.1, 0.15) is 38.5 Å². The summed E-state index contributed by atoms with van der Waals surface area (Å²) in [6.45, 7) is 0. The molecule has 4 aliphatic rings. The molecular weight excluding hydrogens is 234 g/mol. The molecule has 4 saturated carbocycles. The first-order chi connectivity index (χ1) is 8.05. The van der Waals surface area contributed by atoms with Gasteiger partial charge < -0.3 is 0 Å². The van der Waals surface area contributed by atoms with Crippen molar-refractivity contribution >= 4 is 9.84 Å². The lowest BCUT2D eigenvalue weighted by atomic mass is 9.56. The minimum atomic E-state index is -3.24. The van der Waals surface area contributed by atoms with E-state index < -0.39 is 14.6 Å². The Balaban J connectivity index is 1.97. The van der Waals surface area contributed by atoms with Gasteiger partial charge in [0.1, 0.15) is 0 Å². The van der Waals surface area contributed by atoms with Crippen LogP contribution >= 0.6 is 0 Å². The van der Waals surface area contributed by atoms with Crippen molar-refractivity contribution in [2.24, 2.45) is 17.8 Å². The molecule has 0 amide bonds. The lowest BCUT2D eigenvalue weighted by Gasteiger charge is -2.55. The normalized spacial score (nSPS) is 44.1. The first-order valence-corrected chi connectivity index (χ1v) is 7.90. The second kappa shape index (κ2) is 3.58. The summed E-state index contributed by atoms with van der Waals surface area (Å²) in [4.78, 5) is 0. The van der Waals surface area contributed by atoms with Crippen LogP contribution in [0.4, 0.5) is 0 Å². The van der Waals surface area contributed by atoms with Crippen LogP contribution < -0.4 is 0 Å². The number of hydrogen-bond acceptors (Lipinski definition) is 3. The van der Waals surface area contributed by atoms with Gasteiger partial charge in [-0.25, -0.2) is 8.42 Å². The summed E-state index contributed by atoms with van der Waals surface area (Å²) in [6, 6.07) is 1.80. The van der Waals surface area contributed by atoms with Crippen molar-refractivity contribution in [2.75, 3.05) is 0 Å². The summed E-state index contributed by atoms with van der Waals surface area (Å²) >= 11 is 0. The molecule has 4 rings (SSSR count). The molecule has 0 saturated heterocycles. The highest BCUT2D eigenvalue weighted by atomic mass is 32.2. The van der Waals surface area contributed by atoms with Crippen LogP contribution in [0.3, 0.4) is 0 Å². The van der Waals surface area contributed by atoms with Crippen LogP contribution in [0.15, 0.2) is 11.5 Å². The first kappa shape index (κ1) is 11.3. The topological polar surface area (TPSA) is 57.9 Å². The molecule has 92 valence electrons. The summed E-state index contributed by atoms with van der Waals surface area (Å²) in [5.74, 6) is 1.85. The first-order valence-electron chi connectivity index (χ1n) is 6.35. The van der Waals surface area contributed by atoms with Gasteiger partial charge in [-0.1, -0.05) is 0 Å². The minimum absolute atomic E-state index is 0.519. The molecule has 0 atom stereocenters. The van der Waals surface area contributed by atoms with Crippen molar-refractivity contribution in [3.63, 3.8) is 0 Å². The molecule has 0 heterocycles. The van der Waals surface area contributed by atoms with E-state index in [4.69, 9.17) is 5.26 Å². The predicted octanol–water partition coefficient (Wildman–Crippen LogP) is 2.41. The Morgan fingerprint density at radius 1 is 1.06 bits per heavy atom. The molecule has 4 heteroatoms. The largest absolute Gasteiger partial charge is 0.224 e. The van der Waals surface area contributed by atoms with Crippen LogP contribution in [0.25, 0.3) is 0 Å². The molecule has 0 N–H and O–H groups in total. The van der Waals surface area contributed by atoms with Crippen molar-refractivity contribution in [2.45, 2.75) is 43.3 Å². The number of nitriles is 1. The Morgan fingerprint density at radius 2 is 1.53 bits per heavy atom. The maximum absolute atomic E-state index is 12.4. The highest BCUT2D eigenvalue weighted by molar-refractivity contribution is 7.95. The maximum atomic E-state index is 12.4. The van der Waals surface area contributed by atoms with Gasteiger partial charge in [-0.3, -0.25) is 0 Å². The van der Waals surface area contributed by atoms with Gasteiger partial charge in [0.05, 0.1) is 10.8 Å². The molecule has 4 bridgehead atoms. The molecule has 4 aliphatic carbocycles. The molecule has 0 aromatic rings. The Hall–Kier alpha value is -0.820. The van der Waals surface area contributed by atoms with Gasteiger partial charge in [0.15, 0.2) is 9.84 Å². The van der Waals surface area contributed by atoms with E-state index in [1.807, 2.05) is 0 Å². The Morgan fingerprint density at radius 3 is 1.94 bits per heavy atom. The number of hydrogen-bond donors (Lipinski definition) is 0. The van der Waals surface area contributed by atoms with E-state index in [-0.39, 0.29) is 0 Å². The van der Waals surface area contributed by atoms with E-state index in [9.17, 15) is 8.42 Å². The zero-order chi connectivity index (χ0) is 12.1. The zero-order valence-electron chi connectivity index (χ0n) is 9.80. The van der Waals surface area contributed by atoms with Gasteiger partial charge >= 0.3 is 0 Å². The average molecular weight is 251 g/mol. The highest BCUT2D eigenvalue weighted by Gasteiger charge is 2.56. The standard InChI is InChI=1S/C13H17NO2S/c14-2-1-3-17(15,16)13-7-10-4-11(8-13)6-12(5-10)9-13/h1,3,10-12H,4-9H2/b3-1+. The number of nitrogens with zero attached hydrogens (tertiary/aromatic N) is 1. The average Bonchev–Trinajstić information content (AvgIpc) is 2.24. The number of allylic oxidation sites excluding steroid dienone is 1. The smallest absolute Gasteiger partial charge is 0.178 e. The molecule has 0 aromatic heterocycles. The number of rotatable bonds is 2. The third-order valence-corrected chi connectivity index (χ3v) is 7.11. The SMILES string of the molecule is N#C/C=C/S(=O)(=O)C12CC3CC(CC(C3)C1)C2. The third-order valence-electron chi connectivity index (χ3n) is 4.91. The molecule has 0 spiro atoms. The van der Waals surface area contributed by atoms with E-state index >= 15 is 0 Å². The highest BCUT2D eigenvalue weighted by Crippen LogP contribution is 2.58. The van der Waals surface area contributed by atoms with Crippen LogP contribution in [0.2, 0.25) is 0 Å². The Kier molecular flexibility index (Phi) is 2.38. The third kappa shape index (κ3) is 1.63. The van der Waals surface area contributed by atoms with Crippen LogP contribution in [-0.4, -0.2) is 13.2 Å². The molecule has 0 radical (unpaired) electrons. The zero-order valence-corrected chi connectivity index (χ0v) is 10.6. The molecule has 0 aliphatic heterocycles. The summed E-state index contributed by atoms with van der Waals surface area (Å²) in [5, 5.41) is 9.66. The molecular formula is C13H17NO2S. The van der Waals surface area contributed by atoms with E-state index in [0.717, 1.165) is 30.7 Å². The molecule has 3 nitrogen and oxygen atoms in total. The van der Waals surface area contributed by atoms with E-state index in [2.05, 4.69) is 0 Å². The van der Waals surface area contributed by atoms with Crippen LogP contribution in [0.5, 0.6) is 0 Å². The van der Waals surface area contributed by atoms with E-state index in [0.29, 0.717) is 17.8 Å². The van der Waals surface area contributed by atoms with Crippen molar-refractivity contribution in [3.05, 3.63) is 11.5 Å². The Bertz CT molecular complexity index is 463. The molecule has 0 unspecified atom stereocenters. The molecule has 0 aromatic carbocycles. The molecule has 4 fully saturated rings. The van der Waals surface area contributed by atoms with Gasteiger partial charge in [-0.15, -0.1) is 0 Å². The van der Waals surface area contributed by atoms with Gasteiger partial charge in [0, 0.05) is 11.5 Å². The summed E-state index contributed by atoms with van der Waals surface area (Å²) < 4.78 is 24.3. The fourth-order valence-electron chi connectivity index (χ4n) is 4.64. The van der Waals surface area contributed by atoms with E-state index in [1.54, 1.807) is 6.07 Å². The van der Waals surface area contributed by atoms with E-state index in [1.165, 1.54) is 19.3 Å². The monoisotopic (exact) mass is 251 g/mol. The minimum Gasteiger partial charge on any atom is -0.224 e. The molecule has 17 heavy (non-hydrogen) atoms. The predicted molar refractivity (Wildman–Crippen MR) is 64.6 cm³/mol. The van der Waals surface area contributed by atoms with Crippen LogP contribution in [0, 0.1) is 29.1 Å². The lowest BCUT2D eigenvalue weighted by molar-refractivity contribution is 0.0344. The van der Waals surface area contributed by atoms with Gasteiger partial charge in [-0.05, 0) is 56.3 Å². The fraction of sp³-hybridized carbons (Fsp3) is 0.769. The summed E-state index contributed by atoms with van der Waals surface area (Å²) in [5.41, 5.74) is 0. The van der Waals surface area contributed by atoms with Gasteiger partial charge in [-0.2, -0.15) is 5.26 Å². The maximum Gasteiger partial charge on any atom is 0.178 e. The Labute approximate surface area is 102 Å². The second-order valence-corrected chi connectivity index (χ2v) is 8.31. The van der Waals surface area contributed by atoms with Gasteiger partial charge in [0.2, 0.25) is 0 Å². The van der Waals surface area contributed by atoms with Crippen LogP contribution in [-0.2, 0) is 9.84 Å². The van der Waals surface area contributed by atoms with Crippen molar-refractivity contribution in [1.29, 1.82) is 5.26 Å². The summed E-state index contributed by atoms with van der Waals surface area (Å²) in [7, 11) is -3.24. The van der Waals surface area contributed by atoms with Gasteiger partial charge in [0.25, 0.3) is 0 Å². The lowest BCUT2D eigenvalue weighted by Crippen LogP contribution is -2.54. The summed E-state index contributed by atoms with van der Waals surface area (Å²) in [6.07, 6.45) is 7.31. The number of sulfone groups is 1. The quantitative estimate of drug-likeness (QED) is 0.708.